The minimum absolute atomic E-state index is 0.391. The van der Waals surface area contributed by atoms with Crippen LogP contribution in [0.1, 0.15) is 24.2 Å². The molecule has 2 aromatic carbocycles. The fourth-order valence-electron chi connectivity index (χ4n) is 4.14. The summed E-state index contributed by atoms with van der Waals surface area (Å²) < 4.78 is 11.5. The highest BCUT2D eigenvalue weighted by molar-refractivity contribution is 5.96. The Kier molecular flexibility index (Phi) is 3.80. The number of benzene rings is 2. The average Bonchev–Trinajstić information content (AvgIpc) is 3.31. The van der Waals surface area contributed by atoms with Crippen molar-refractivity contribution >= 4 is 10.8 Å². The third-order valence-electron chi connectivity index (χ3n) is 5.44. The number of fused-ring (bicyclic) bond motifs is 2. The summed E-state index contributed by atoms with van der Waals surface area (Å²) in [7, 11) is 0. The Morgan fingerprint density at radius 2 is 2.04 bits per heavy atom. The van der Waals surface area contributed by atoms with Crippen molar-refractivity contribution in [3.05, 3.63) is 53.8 Å². The van der Waals surface area contributed by atoms with E-state index < -0.39 is 0 Å². The molecule has 0 saturated carbocycles. The summed E-state index contributed by atoms with van der Waals surface area (Å²) in [4.78, 5) is 2.49. The molecule has 0 radical (unpaired) electrons. The molecule has 2 aliphatic rings. The summed E-state index contributed by atoms with van der Waals surface area (Å²) in [6.45, 7) is 3.85. The standard InChI is InChI=1S/C21H22N2O2/c1-2-8-17-15(5-1)6-3-9-18(17)21-19-14-23(11-10-20(19)25-22-21)13-16-7-4-12-24-16/h1-3,5-6,8-9,16H,4,7,10-14H2/t16-/m0/s1. The van der Waals surface area contributed by atoms with Crippen molar-refractivity contribution in [1.29, 1.82) is 0 Å². The summed E-state index contributed by atoms with van der Waals surface area (Å²) in [6, 6.07) is 14.9. The van der Waals surface area contributed by atoms with Gasteiger partial charge in [-0.05, 0) is 23.6 Å². The molecule has 1 fully saturated rings. The molecule has 2 aliphatic heterocycles. The molecule has 25 heavy (non-hydrogen) atoms. The van der Waals surface area contributed by atoms with Gasteiger partial charge in [0, 0.05) is 43.8 Å². The fraction of sp³-hybridized carbons (Fsp3) is 0.381. The van der Waals surface area contributed by atoms with Crippen molar-refractivity contribution < 1.29 is 9.26 Å². The van der Waals surface area contributed by atoms with Crippen molar-refractivity contribution in [3.63, 3.8) is 0 Å². The van der Waals surface area contributed by atoms with Crippen molar-refractivity contribution in [3.8, 4) is 11.3 Å². The molecule has 1 aromatic heterocycles. The quantitative estimate of drug-likeness (QED) is 0.725. The van der Waals surface area contributed by atoms with Crippen LogP contribution in [-0.4, -0.2) is 35.9 Å². The highest BCUT2D eigenvalue weighted by atomic mass is 16.5. The molecule has 4 nitrogen and oxygen atoms in total. The Labute approximate surface area is 147 Å². The second-order valence-electron chi connectivity index (χ2n) is 7.08. The van der Waals surface area contributed by atoms with Gasteiger partial charge in [0.15, 0.2) is 0 Å². The molecule has 3 heterocycles. The van der Waals surface area contributed by atoms with E-state index in [1.54, 1.807) is 0 Å². The largest absolute Gasteiger partial charge is 0.377 e. The van der Waals surface area contributed by atoms with Crippen LogP contribution in [0.25, 0.3) is 22.0 Å². The van der Waals surface area contributed by atoms with Crippen LogP contribution in [0.5, 0.6) is 0 Å². The predicted octanol–water partition coefficient (Wildman–Crippen LogP) is 4.03. The first-order valence-corrected chi connectivity index (χ1v) is 9.18. The second-order valence-corrected chi connectivity index (χ2v) is 7.08. The monoisotopic (exact) mass is 334 g/mol. The number of hydrogen-bond donors (Lipinski definition) is 0. The minimum atomic E-state index is 0.391. The Balaban J connectivity index is 1.49. The number of ether oxygens (including phenoxy) is 1. The molecule has 1 atom stereocenters. The van der Waals surface area contributed by atoms with E-state index in [1.165, 1.54) is 34.7 Å². The first-order chi connectivity index (χ1) is 12.4. The van der Waals surface area contributed by atoms with E-state index in [0.29, 0.717) is 6.10 Å². The molecule has 0 spiro atoms. The van der Waals surface area contributed by atoms with Gasteiger partial charge in [-0.3, -0.25) is 4.90 Å². The van der Waals surface area contributed by atoms with Crippen LogP contribution in [0.15, 0.2) is 47.0 Å². The molecule has 0 aliphatic carbocycles. The zero-order valence-electron chi connectivity index (χ0n) is 14.3. The molecule has 0 unspecified atom stereocenters. The summed E-state index contributed by atoms with van der Waals surface area (Å²) >= 11 is 0. The van der Waals surface area contributed by atoms with E-state index in [9.17, 15) is 0 Å². The van der Waals surface area contributed by atoms with Crippen LogP contribution in [0.2, 0.25) is 0 Å². The molecule has 0 bridgehead atoms. The smallest absolute Gasteiger partial charge is 0.143 e. The lowest BCUT2D eigenvalue weighted by Gasteiger charge is -2.28. The lowest BCUT2D eigenvalue weighted by Crippen LogP contribution is -2.36. The molecular weight excluding hydrogens is 312 g/mol. The number of rotatable bonds is 3. The van der Waals surface area contributed by atoms with Gasteiger partial charge in [-0.25, -0.2) is 0 Å². The third kappa shape index (κ3) is 2.75. The van der Waals surface area contributed by atoms with Gasteiger partial charge in [0.2, 0.25) is 0 Å². The maximum atomic E-state index is 5.82. The van der Waals surface area contributed by atoms with Gasteiger partial charge in [-0.15, -0.1) is 0 Å². The molecule has 4 heteroatoms. The number of aromatic nitrogens is 1. The SMILES string of the molecule is c1ccc2c(-c3noc4c3CN(C[C@@H]3CCCO3)CC4)cccc2c1. The Hall–Kier alpha value is -2.17. The fourth-order valence-corrected chi connectivity index (χ4v) is 4.14. The van der Waals surface area contributed by atoms with E-state index in [2.05, 4.69) is 52.5 Å². The van der Waals surface area contributed by atoms with Gasteiger partial charge in [0.05, 0.1) is 6.10 Å². The van der Waals surface area contributed by atoms with Crippen molar-refractivity contribution in [2.45, 2.75) is 31.9 Å². The molecule has 3 aromatic rings. The third-order valence-corrected chi connectivity index (χ3v) is 5.44. The van der Waals surface area contributed by atoms with Crippen LogP contribution in [0.4, 0.5) is 0 Å². The van der Waals surface area contributed by atoms with E-state index in [-0.39, 0.29) is 0 Å². The Morgan fingerprint density at radius 1 is 1.12 bits per heavy atom. The van der Waals surface area contributed by atoms with Crippen LogP contribution < -0.4 is 0 Å². The Morgan fingerprint density at radius 3 is 2.96 bits per heavy atom. The zero-order chi connectivity index (χ0) is 16.6. The number of hydrogen-bond acceptors (Lipinski definition) is 4. The lowest BCUT2D eigenvalue weighted by atomic mass is 9.97. The Bertz CT molecular complexity index is 891. The molecule has 0 N–H and O–H groups in total. The van der Waals surface area contributed by atoms with Gasteiger partial charge in [0.1, 0.15) is 11.5 Å². The van der Waals surface area contributed by atoms with Crippen LogP contribution in [-0.2, 0) is 17.7 Å². The van der Waals surface area contributed by atoms with Crippen molar-refractivity contribution in [2.75, 3.05) is 19.7 Å². The molecule has 5 rings (SSSR count). The van der Waals surface area contributed by atoms with E-state index in [1.807, 2.05) is 0 Å². The summed E-state index contributed by atoms with van der Waals surface area (Å²) in [5, 5.41) is 6.92. The number of nitrogens with zero attached hydrogens (tertiary/aromatic N) is 2. The van der Waals surface area contributed by atoms with E-state index in [4.69, 9.17) is 9.26 Å². The molecule has 0 amide bonds. The summed E-state index contributed by atoms with van der Waals surface area (Å²) in [6.07, 6.45) is 3.70. The van der Waals surface area contributed by atoms with Crippen LogP contribution in [0, 0.1) is 0 Å². The van der Waals surface area contributed by atoms with Crippen LogP contribution >= 0.6 is 0 Å². The first-order valence-electron chi connectivity index (χ1n) is 9.18. The topological polar surface area (TPSA) is 38.5 Å². The van der Waals surface area contributed by atoms with Gasteiger partial charge < -0.3 is 9.26 Å². The van der Waals surface area contributed by atoms with Crippen LogP contribution in [0.3, 0.4) is 0 Å². The molecule has 128 valence electrons. The maximum absolute atomic E-state index is 5.82. The van der Waals surface area contributed by atoms with Crippen molar-refractivity contribution in [1.82, 2.24) is 10.1 Å². The van der Waals surface area contributed by atoms with Gasteiger partial charge in [0.25, 0.3) is 0 Å². The zero-order valence-corrected chi connectivity index (χ0v) is 14.3. The highest BCUT2D eigenvalue weighted by Gasteiger charge is 2.28. The van der Waals surface area contributed by atoms with E-state index in [0.717, 1.165) is 44.1 Å². The normalized spacial score (nSPS) is 20.9. The van der Waals surface area contributed by atoms with E-state index >= 15 is 0 Å². The summed E-state index contributed by atoms with van der Waals surface area (Å²) in [5.74, 6) is 1.05. The molecule has 1 saturated heterocycles. The summed E-state index contributed by atoms with van der Waals surface area (Å²) in [5.41, 5.74) is 3.42. The van der Waals surface area contributed by atoms with Crippen molar-refractivity contribution in [2.24, 2.45) is 0 Å². The highest BCUT2D eigenvalue weighted by Crippen LogP contribution is 2.34. The van der Waals surface area contributed by atoms with Gasteiger partial charge in [-0.1, -0.05) is 47.6 Å². The van der Waals surface area contributed by atoms with Gasteiger partial charge >= 0.3 is 0 Å². The first kappa shape index (κ1) is 15.1. The maximum Gasteiger partial charge on any atom is 0.143 e. The second kappa shape index (κ2) is 6.28. The predicted molar refractivity (Wildman–Crippen MR) is 97.4 cm³/mol. The average molecular weight is 334 g/mol. The minimum Gasteiger partial charge on any atom is -0.377 e. The lowest BCUT2D eigenvalue weighted by molar-refractivity contribution is 0.0676. The molecular formula is C21H22N2O2. The van der Waals surface area contributed by atoms with Gasteiger partial charge in [-0.2, -0.15) is 0 Å².